The fourth-order valence-electron chi connectivity index (χ4n) is 3.80. The molecule has 0 unspecified atom stereocenters. The molecule has 6 nitrogen and oxygen atoms in total. The number of hydrogen-bond donors (Lipinski definition) is 0. The van der Waals surface area contributed by atoms with Gasteiger partial charge in [-0.15, -0.1) is 0 Å². The summed E-state index contributed by atoms with van der Waals surface area (Å²) in [6.45, 7) is 2.43. The molecule has 0 spiro atoms. The molecular formula is C22H20F2N2O4S. The lowest BCUT2D eigenvalue weighted by Gasteiger charge is -2.16. The number of methoxy groups -OCH3 is 1. The normalized spacial score (nSPS) is 14.8. The van der Waals surface area contributed by atoms with E-state index < -0.39 is 38.1 Å². The molecule has 1 aliphatic heterocycles. The summed E-state index contributed by atoms with van der Waals surface area (Å²) in [6.07, 6.45) is 1.44. The first-order valence-electron chi connectivity index (χ1n) is 9.71. The number of fused-ring (bicyclic) bond motifs is 1. The number of aromatic nitrogens is 1. The van der Waals surface area contributed by atoms with Crippen LogP contribution in [0.15, 0.2) is 41.3 Å². The van der Waals surface area contributed by atoms with Crippen molar-refractivity contribution in [3.05, 3.63) is 59.2 Å². The highest BCUT2D eigenvalue weighted by Gasteiger charge is 2.29. The van der Waals surface area contributed by atoms with Crippen molar-refractivity contribution in [2.45, 2.75) is 24.7 Å². The van der Waals surface area contributed by atoms with Crippen LogP contribution in [0.1, 0.15) is 28.8 Å². The van der Waals surface area contributed by atoms with Crippen molar-refractivity contribution in [1.29, 1.82) is 0 Å². The molecule has 1 aromatic heterocycles. The molecule has 2 aromatic carbocycles. The third-order valence-corrected chi connectivity index (χ3v) is 7.29. The van der Waals surface area contributed by atoms with Gasteiger partial charge in [-0.2, -0.15) is 4.31 Å². The molecule has 0 saturated carbocycles. The summed E-state index contributed by atoms with van der Waals surface area (Å²) in [6, 6.07) is 7.94. The average molecular weight is 446 g/mol. The predicted octanol–water partition coefficient (Wildman–Crippen LogP) is 4.06. The minimum absolute atomic E-state index is 0.00661. The van der Waals surface area contributed by atoms with Crippen molar-refractivity contribution in [2.75, 3.05) is 20.2 Å². The third kappa shape index (κ3) is 3.79. The van der Waals surface area contributed by atoms with E-state index in [1.165, 1.54) is 23.5 Å². The van der Waals surface area contributed by atoms with Crippen LogP contribution in [-0.2, 0) is 14.8 Å². The number of esters is 1. The summed E-state index contributed by atoms with van der Waals surface area (Å²) < 4.78 is 61.2. The fourth-order valence-corrected chi connectivity index (χ4v) is 5.34. The molecule has 31 heavy (non-hydrogen) atoms. The van der Waals surface area contributed by atoms with Crippen molar-refractivity contribution in [3.8, 4) is 11.3 Å². The van der Waals surface area contributed by atoms with Gasteiger partial charge in [0.2, 0.25) is 10.0 Å². The Morgan fingerprint density at radius 3 is 2.32 bits per heavy atom. The third-order valence-electron chi connectivity index (χ3n) is 5.41. The van der Waals surface area contributed by atoms with Gasteiger partial charge in [-0.3, -0.25) is 0 Å². The minimum atomic E-state index is -3.96. The summed E-state index contributed by atoms with van der Waals surface area (Å²) in [4.78, 5) is 15.7. The first-order chi connectivity index (χ1) is 14.7. The van der Waals surface area contributed by atoms with Gasteiger partial charge >= 0.3 is 5.97 Å². The summed E-state index contributed by atoms with van der Waals surface area (Å²) in [5.41, 5.74) is 0.905. The van der Waals surface area contributed by atoms with Crippen molar-refractivity contribution < 1.29 is 26.7 Å². The molecule has 0 amide bonds. The number of nitrogens with zero attached hydrogens (tertiary/aromatic N) is 2. The van der Waals surface area contributed by atoms with Gasteiger partial charge in [-0.05, 0) is 55.7 Å². The van der Waals surface area contributed by atoms with Crippen LogP contribution in [0.3, 0.4) is 0 Å². The van der Waals surface area contributed by atoms with Crippen LogP contribution in [0, 0.1) is 18.6 Å². The number of carbonyl (C=O) groups is 1. The summed E-state index contributed by atoms with van der Waals surface area (Å²) in [7, 11) is -2.71. The Balaban J connectivity index is 1.83. The molecule has 0 atom stereocenters. The smallest absolute Gasteiger partial charge is 0.337 e. The first kappa shape index (κ1) is 21.3. The van der Waals surface area contributed by atoms with Gasteiger partial charge < -0.3 is 4.74 Å². The number of pyridine rings is 1. The number of rotatable bonds is 4. The Morgan fingerprint density at radius 2 is 1.71 bits per heavy atom. The molecular weight excluding hydrogens is 426 g/mol. The lowest BCUT2D eigenvalue weighted by molar-refractivity contribution is 0.0601. The van der Waals surface area contributed by atoms with E-state index >= 15 is 0 Å². The fraction of sp³-hybridized carbons (Fsp3) is 0.273. The van der Waals surface area contributed by atoms with E-state index in [1.54, 1.807) is 19.1 Å². The molecule has 1 aliphatic rings. The zero-order valence-corrected chi connectivity index (χ0v) is 17.8. The van der Waals surface area contributed by atoms with Gasteiger partial charge in [0.15, 0.2) is 0 Å². The zero-order chi connectivity index (χ0) is 22.3. The Hall–Kier alpha value is -2.91. The average Bonchev–Trinajstić information content (AvgIpc) is 3.28. The maximum absolute atomic E-state index is 15.0. The molecule has 0 bridgehead atoms. The highest BCUT2D eigenvalue weighted by atomic mass is 32.2. The summed E-state index contributed by atoms with van der Waals surface area (Å²) in [5, 5.41) is 0.713. The number of carbonyl (C=O) groups excluding carboxylic acids is 1. The topological polar surface area (TPSA) is 76.6 Å². The Morgan fingerprint density at radius 1 is 1.06 bits per heavy atom. The van der Waals surface area contributed by atoms with Crippen LogP contribution in [0.4, 0.5) is 8.78 Å². The van der Waals surface area contributed by atoms with Crippen LogP contribution < -0.4 is 0 Å². The second kappa shape index (κ2) is 7.97. The lowest BCUT2D eigenvalue weighted by Crippen LogP contribution is -2.28. The number of ether oxygens (including phenoxy) is 1. The molecule has 162 valence electrons. The molecule has 2 heterocycles. The van der Waals surface area contributed by atoms with Crippen LogP contribution in [-0.4, -0.2) is 43.9 Å². The van der Waals surface area contributed by atoms with Crippen LogP contribution in [0.25, 0.3) is 22.2 Å². The molecule has 1 fully saturated rings. The maximum Gasteiger partial charge on any atom is 0.337 e. The van der Waals surface area contributed by atoms with E-state index in [1.807, 2.05) is 0 Å². The number of halogens is 2. The van der Waals surface area contributed by atoms with Gasteiger partial charge in [0.05, 0.1) is 34.3 Å². The highest BCUT2D eigenvalue weighted by Crippen LogP contribution is 2.32. The molecule has 0 N–H and O–H groups in total. The van der Waals surface area contributed by atoms with Crippen molar-refractivity contribution in [1.82, 2.24) is 9.29 Å². The van der Waals surface area contributed by atoms with E-state index in [-0.39, 0.29) is 11.3 Å². The monoisotopic (exact) mass is 446 g/mol. The molecule has 9 heteroatoms. The Kier molecular flexibility index (Phi) is 5.49. The van der Waals surface area contributed by atoms with E-state index in [9.17, 15) is 22.0 Å². The summed E-state index contributed by atoms with van der Waals surface area (Å²) >= 11 is 0. The largest absolute Gasteiger partial charge is 0.465 e. The van der Waals surface area contributed by atoms with E-state index in [0.717, 1.165) is 25.0 Å². The van der Waals surface area contributed by atoms with Gasteiger partial charge in [0.25, 0.3) is 0 Å². The van der Waals surface area contributed by atoms with Gasteiger partial charge in [0.1, 0.15) is 11.6 Å². The van der Waals surface area contributed by atoms with Gasteiger partial charge in [0, 0.05) is 18.5 Å². The number of aryl methyl sites for hydroxylation is 1. The van der Waals surface area contributed by atoms with Crippen LogP contribution in [0.2, 0.25) is 0 Å². The van der Waals surface area contributed by atoms with Gasteiger partial charge in [-0.25, -0.2) is 27.0 Å². The molecule has 3 aromatic rings. The molecule has 0 radical (unpaired) electrons. The second-order valence-electron chi connectivity index (χ2n) is 7.42. The first-order valence-corrected chi connectivity index (χ1v) is 11.2. The predicted molar refractivity (Wildman–Crippen MR) is 111 cm³/mol. The zero-order valence-electron chi connectivity index (χ0n) is 17.0. The SMILES string of the molecule is COC(=O)c1ccc2c(C)cc(-c3c(F)cc(S(=O)(=O)N4CCCC4)cc3F)nc2c1. The van der Waals surface area contributed by atoms with Crippen molar-refractivity contribution >= 4 is 26.9 Å². The van der Waals surface area contributed by atoms with Crippen LogP contribution >= 0.6 is 0 Å². The lowest BCUT2D eigenvalue weighted by atomic mass is 10.0. The number of hydrogen-bond acceptors (Lipinski definition) is 5. The standard InChI is InChI=1S/C22H20F2N2O4S/c1-13-9-20(25-19-10-14(22(27)30-2)5-6-16(13)19)21-17(23)11-15(12-18(21)24)31(28,29)26-7-3-4-8-26/h5-6,9-12H,3-4,7-8H2,1-2H3. The summed E-state index contributed by atoms with van der Waals surface area (Å²) in [5.74, 6) is -2.60. The molecule has 4 rings (SSSR count). The quantitative estimate of drug-likeness (QED) is 0.565. The minimum Gasteiger partial charge on any atom is -0.465 e. The highest BCUT2D eigenvalue weighted by molar-refractivity contribution is 7.89. The van der Waals surface area contributed by atoms with Gasteiger partial charge in [-0.1, -0.05) is 6.07 Å². The molecule has 0 aliphatic carbocycles. The number of sulfonamides is 1. The maximum atomic E-state index is 15.0. The molecule has 1 saturated heterocycles. The Labute approximate surface area is 178 Å². The van der Waals surface area contributed by atoms with E-state index in [4.69, 9.17) is 4.74 Å². The van der Waals surface area contributed by atoms with Crippen molar-refractivity contribution in [3.63, 3.8) is 0 Å². The van der Waals surface area contributed by atoms with Crippen molar-refractivity contribution in [2.24, 2.45) is 0 Å². The number of benzene rings is 2. The second-order valence-corrected chi connectivity index (χ2v) is 9.36. The van der Waals surface area contributed by atoms with E-state index in [0.29, 0.717) is 29.6 Å². The van der Waals surface area contributed by atoms with Crippen LogP contribution in [0.5, 0.6) is 0 Å². The van der Waals surface area contributed by atoms with E-state index in [2.05, 4.69) is 4.98 Å². The Bertz CT molecular complexity index is 1280.